The van der Waals surface area contributed by atoms with Gasteiger partial charge in [0.25, 0.3) is 20.1 Å². The van der Waals surface area contributed by atoms with Crippen LogP contribution in [-0.2, 0) is 26.6 Å². The molecule has 6 nitrogen and oxygen atoms in total. The quantitative estimate of drug-likeness (QED) is 0.359. The van der Waals surface area contributed by atoms with E-state index < -0.39 is 20.1 Å². The van der Waals surface area contributed by atoms with Crippen LogP contribution in [0, 0.1) is 0 Å². The summed E-state index contributed by atoms with van der Waals surface area (Å²) < 4.78 is 61.3. The summed E-state index contributed by atoms with van der Waals surface area (Å²) in [5.74, 6) is 0. The van der Waals surface area contributed by atoms with Gasteiger partial charge in [0.1, 0.15) is 0 Å². The van der Waals surface area contributed by atoms with Crippen LogP contribution in [0.4, 0.5) is 11.4 Å². The minimum absolute atomic E-state index is 0.136. The molecule has 0 amide bonds. The second-order valence-corrected chi connectivity index (χ2v) is 10.9. The number of sulfonamides is 1. The van der Waals surface area contributed by atoms with E-state index in [0.29, 0.717) is 17.8 Å². The van der Waals surface area contributed by atoms with Gasteiger partial charge >= 0.3 is 0 Å². The van der Waals surface area contributed by atoms with Crippen LogP contribution in [-0.4, -0.2) is 21.4 Å². The van der Waals surface area contributed by atoms with Crippen LogP contribution in [0.5, 0.6) is 0 Å². The van der Waals surface area contributed by atoms with Crippen LogP contribution < -0.4 is 4.31 Å². The number of fused-ring (bicyclic) bond motifs is 3. The molecule has 1 aliphatic carbocycles. The van der Waals surface area contributed by atoms with Crippen LogP contribution in [0.3, 0.4) is 0 Å². The van der Waals surface area contributed by atoms with Gasteiger partial charge in [0.15, 0.2) is 0 Å². The van der Waals surface area contributed by atoms with Crippen molar-refractivity contribution in [1.29, 1.82) is 0 Å². The summed E-state index contributed by atoms with van der Waals surface area (Å²) in [5, 5.41) is 0. The second kappa shape index (κ2) is 7.84. The van der Waals surface area contributed by atoms with Crippen LogP contribution in [0.15, 0.2) is 107 Å². The van der Waals surface area contributed by atoms with Crippen molar-refractivity contribution in [3.8, 4) is 11.1 Å². The van der Waals surface area contributed by atoms with E-state index in [1.807, 2.05) is 12.1 Å². The van der Waals surface area contributed by atoms with Crippen molar-refractivity contribution in [2.24, 2.45) is 0 Å². The molecule has 0 aliphatic heterocycles. The maximum absolute atomic E-state index is 13.8. The van der Waals surface area contributed by atoms with E-state index >= 15 is 0 Å². The minimum Gasteiger partial charge on any atom is -0.282 e. The highest BCUT2D eigenvalue weighted by Gasteiger charge is 2.29. The molecule has 0 radical (unpaired) electrons. The first-order valence-corrected chi connectivity index (χ1v) is 13.0. The molecule has 1 aliphatic rings. The minimum atomic E-state index is -4.32. The Morgan fingerprint density at radius 2 is 1.06 bits per heavy atom. The van der Waals surface area contributed by atoms with Gasteiger partial charge in [-0.2, -0.15) is 8.42 Å². The Bertz CT molecular complexity index is 1530. The summed E-state index contributed by atoms with van der Waals surface area (Å²) in [6.07, 6.45) is 0.369. The summed E-state index contributed by atoms with van der Waals surface area (Å²) in [4.78, 5) is -0.0435. The van der Waals surface area contributed by atoms with Crippen LogP contribution in [0.1, 0.15) is 11.1 Å². The van der Waals surface area contributed by atoms with Crippen molar-refractivity contribution < 1.29 is 21.4 Å². The van der Waals surface area contributed by atoms with Gasteiger partial charge in [0, 0.05) is 0 Å². The third-order valence-electron chi connectivity index (χ3n) is 5.64. The van der Waals surface area contributed by atoms with Gasteiger partial charge in [-0.3, -0.25) is 4.55 Å². The molecule has 0 unspecified atom stereocenters. The monoisotopic (exact) mass is 477 g/mol. The highest BCUT2D eigenvalue weighted by molar-refractivity contribution is 7.93. The third-order valence-corrected chi connectivity index (χ3v) is 8.24. The van der Waals surface area contributed by atoms with Gasteiger partial charge in [0.2, 0.25) is 0 Å². The molecule has 0 bridgehead atoms. The Morgan fingerprint density at radius 1 is 0.606 bits per heavy atom. The first-order chi connectivity index (χ1) is 15.7. The van der Waals surface area contributed by atoms with E-state index in [-0.39, 0.29) is 9.79 Å². The van der Waals surface area contributed by atoms with Gasteiger partial charge in [-0.1, -0.05) is 48.5 Å². The Labute approximate surface area is 192 Å². The molecule has 8 heteroatoms. The number of benzene rings is 4. The Morgan fingerprint density at radius 3 is 1.55 bits per heavy atom. The van der Waals surface area contributed by atoms with E-state index in [1.54, 1.807) is 72.8 Å². The van der Waals surface area contributed by atoms with Crippen molar-refractivity contribution in [3.63, 3.8) is 0 Å². The molecule has 0 aromatic heterocycles. The Hall–Kier alpha value is -3.46. The zero-order valence-corrected chi connectivity index (χ0v) is 18.9. The lowest BCUT2D eigenvalue weighted by molar-refractivity contribution is 0.483. The molecule has 0 heterocycles. The molecule has 166 valence electrons. The maximum atomic E-state index is 13.8. The lowest BCUT2D eigenvalue weighted by Crippen LogP contribution is -2.26. The normalized spacial score (nSPS) is 12.8. The van der Waals surface area contributed by atoms with E-state index in [4.69, 9.17) is 0 Å². The van der Waals surface area contributed by atoms with Gasteiger partial charge < -0.3 is 0 Å². The van der Waals surface area contributed by atoms with Gasteiger partial charge in [0.05, 0.1) is 21.2 Å². The molecule has 33 heavy (non-hydrogen) atoms. The summed E-state index contributed by atoms with van der Waals surface area (Å²) in [6.45, 7) is 0. The number of nitrogens with zero attached hydrogens (tertiary/aromatic N) is 1. The van der Waals surface area contributed by atoms with Gasteiger partial charge in [-0.25, -0.2) is 12.7 Å². The molecule has 0 fully saturated rings. The van der Waals surface area contributed by atoms with Gasteiger partial charge in [-0.15, -0.1) is 0 Å². The summed E-state index contributed by atoms with van der Waals surface area (Å²) in [6, 6.07) is 27.1. The Balaban J connectivity index is 1.59. The first kappa shape index (κ1) is 21.4. The molecular formula is C25H19NO5S2. The van der Waals surface area contributed by atoms with Crippen molar-refractivity contribution in [2.45, 2.75) is 16.2 Å². The zero-order valence-electron chi connectivity index (χ0n) is 17.3. The molecule has 4 aromatic carbocycles. The van der Waals surface area contributed by atoms with Crippen LogP contribution >= 0.6 is 0 Å². The molecule has 0 saturated carbocycles. The fraction of sp³-hybridized carbons (Fsp3) is 0.0400. The van der Waals surface area contributed by atoms with Crippen molar-refractivity contribution in [2.75, 3.05) is 4.31 Å². The lowest BCUT2D eigenvalue weighted by Gasteiger charge is -2.25. The third kappa shape index (κ3) is 3.82. The zero-order chi connectivity index (χ0) is 23.2. The van der Waals surface area contributed by atoms with E-state index in [2.05, 4.69) is 0 Å². The molecule has 0 atom stereocenters. The second-order valence-electron chi connectivity index (χ2n) is 7.73. The molecule has 5 rings (SSSR count). The summed E-state index contributed by atoms with van der Waals surface area (Å²) in [7, 11) is -8.27. The fourth-order valence-corrected chi connectivity index (χ4v) is 6.21. The van der Waals surface area contributed by atoms with Crippen molar-refractivity contribution in [3.05, 3.63) is 108 Å². The number of hydrogen-bond donors (Lipinski definition) is 1. The van der Waals surface area contributed by atoms with Crippen molar-refractivity contribution in [1.82, 2.24) is 0 Å². The molecule has 4 aromatic rings. The Kier molecular flexibility index (Phi) is 5.08. The maximum Gasteiger partial charge on any atom is 0.294 e. The standard InChI is InChI=1S/C25H19NO5S2/c27-32(28,26(20-7-3-1-4-8-20)21-9-5-2-6-10-21)22-11-13-24-18(16-22)15-19-17-23(33(29,30)31)12-14-25(19)24/h1-14,16-17H,15H2,(H,29,30,31). The number of para-hydroxylation sites is 2. The fourth-order valence-electron chi connectivity index (χ4n) is 4.14. The molecule has 0 spiro atoms. The average Bonchev–Trinajstić information content (AvgIpc) is 3.17. The van der Waals surface area contributed by atoms with Gasteiger partial charge in [-0.05, 0) is 77.2 Å². The topological polar surface area (TPSA) is 91.7 Å². The van der Waals surface area contributed by atoms with Crippen LogP contribution in [0.25, 0.3) is 11.1 Å². The molecule has 1 N–H and O–H groups in total. The number of hydrogen-bond acceptors (Lipinski definition) is 4. The predicted molar refractivity (Wildman–Crippen MR) is 127 cm³/mol. The van der Waals surface area contributed by atoms with Crippen molar-refractivity contribution >= 4 is 31.5 Å². The highest BCUT2D eigenvalue weighted by atomic mass is 32.2. The van der Waals surface area contributed by atoms with E-state index in [1.165, 1.54) is 16.4 Å². The predicted octanol–water partition coefficient (Wildman–Crippen LogP) is 5.03. The lowest BCUT2D eigenvalue weighted by atomic mass is 10.1. The SMILES string of the molecule is O=S(=O)(O)c1ccc2c(c1)Cc1cc(S(=O)(=O)N(c3ccccc3)c3ccccc3)ccc1-2. The summed E-state index contributed by atoms with van der Waals surface area (Å²) in [5.41, 5.74) is 4.20. The van der Waals surface area contributed by atoms with Crippen LogP contribution in [0.2, 0.25) is 0 Å². The smallest absolute Gasteiger partial charge is 0.282 e. The van der Waals surface area contributed by atoms with E-state index in [9.17, 15) is 21.4 Å². The molecule has 0 saturated heterocycles. The largest absolute Gasteiger partial charge is 0.294 e. The first-order valence-electron chi connectivity index (χ1n) is 10.1. The summed E-state index contributed by atoms with van der Waals surface area (Å²) >= 11 is 0. The number of anilines is 2. The average molecular weight is 478 g/mol. The van der Waals surface area contributed by atoms with E-state index in [0.717, 1.165) is 22.3 Å². The molecular weight excluding hydrogens is 458 g/mol. The number of rotatable bonds is 5. The highest BCUT2D eigenvalue weighted by Crippen LogP contribution is 2.40.